The molecule has 3 N–H and O–H groups in total. The van der Waals surface area contributed by atoms with Gasteiger partial charge in [0.25, 0.3) is 0 Å². The number of nitrogens with one attached hydrogen (secondary N) is 1. The Bertz CT molecular complexity index is 712. The maximum Gasteiger partial charge on any atom is 0.222 e. The Hall–Kier alpha value is -1.45. The lowest BCUT2D eigenvalue weighted by molar-refractivity contribution is 0.316. The lowest BCUT2D eigenvalue weighted by Crippen LogP contribution is -2.57. The summed E-state index contributed by atoms with van der Waals surface area (Å²) >= 11 is 0. The number of rotatable bonds is 7. The van der Waals surface area contributed by atoms with Gasteiger partial charge in [0.05, 0.1) is 11.4 Å². The third-order valence-corrected chi connectivity index (χ3v) is 7.34. The minimum Gasteiger partial charge on any atom is -0.368 e. The number of anilines is 2. The topological polar surface area (TPSA) is 104 Å². The van der Waals surface area contributed by atoms with Crippen molar-refractivity contribution >= 4 is 21.8 Å². The zero-order valence-corrected chi connectivity index (χ0v) is 16.5. The summed E-state index contributed by atoms with van der Waals surface area (Å²) in [5.74, 6) is 1.65. The standard InChI is InChI=1S/C17H30N6O2S/c1-3-4-9-26(24,25)23-7-5-13(6-8-23)15-10-16(21-17(18)20-15)22-11-14(12-22)19-2/h10,13-14,19H,3-9,11-12H2,1-2H3,(H2,18,20,21). The molecule has 9 heteroatoms. The Kier molecular flexibility index (Phi) is 5.99. The number of hydrogen-bond donors (Lipinski definition) is 2. The Morgan fingerprint density at radius 3 is 2.58 bits per heavy atom. The fourth-order valence-corrected chi connectivity index (χ4v) is 5.26. The number of piperidine rings is 1. The number of sulfonamides is 1. The van der Waals surface area contributed by atoms with E-state index in [2.05, 4.69) is 20.2 Å². The van der Waals surface area contributed by atoms with E-state index in [1.807, 2.05) is 20.0 Å². The minimum atomic E-state index is -3.12. The summed E-state index contributed by atoms with van der Waals surface area (Å²) in [6, 6.07) is 2.51. The second-order valence-electron chi connectivity index (χ2n) is 7.24. The molecule has 0 aromatic carbocycles. The summed E-state index contributed by atoms with van der Waals surface area (Å²) in [5, 5.41) is 3.25. The van der Waals surface area contributed by atoms with Crippen LogP contribution in [0.1, 0.15) is 44.2 Å². The van der Waals surface area contributed by atoms with Crippen molar-refractivity contribution in [3.63, 3.8) is 0 Å². The predicted molar refractivity (Wildman–Crippen MR) is 104 cm³/mol. The number of hydrogen-bond acceptors (Lipinski definition) is 7. The van der Waals surface area contributed by atoms with Crippen LogP contribution in [0.15, 0.2) is 6.07 Å². The number of likely N-dealkylation sites (N-methyl/N-ethyl adjacent to an activating group) is 1. The third-order valence-electron chi connectivity index (χ3n) is 5.38. The molecule has 26 heavy (non-hydrogen) atoms. The van der Waals surface area contributed by atoms with E-state index in [1.54, 1.807) is 4.31 Å². The van der Waals surface area contributed by atoms with Crippen LogP contribution in [0.3, 0.4) is 0 Å². The predicted octanol–water partition coefficient (Wildman–Crippen LogP) is 0.776. The summed E-state index contributed by atoms with van der Waals surface area (Å²) in [5.41, 5.74) is 6.87. The molecule has 1 aromatic rings. The van der Waals surface area contributed by atoms with Gasteiger partial charge in [0, 0.05) is 44.2 Å². The molecule has 0 unspecified atom stereocenters. The Balaban J connectivity index is 1.63. The highest BCUT2D eigenvalue weighted by atomic mass is 32.2. The number of nitrogens with two attached hydrogens (primary N) is 1. The second kappa shape index (κ2) is 8.06. The highest BCUT2D eigenvalue weighted by Gasteiger charge is 2.31. The molecule has 0 aliphatic carbocycles. The average molecular weight is 383 g/mol. The highest BCUT2D eigenvalue weighted by Crippen LogP contribution is 2.31. The fraction of sp³-hybridized carbons (Fsp3) is 0.765. The van der Waals surface area contributed by atoms with Gasteiger partial charge in [0.15, 0.2) is 0 Å². The van der Waals surface area contributed by atoms with Gasteiger partial charge < -0.3 is 16.0 Å². The monoisotopic (exact) mass is 382 g/mol. The number of aromatic nitrogens is 2. The Morgan fingerprint density at radius 2 is 1.96 bits per heavy atom. The summed E-state index contributed by atoms with van der Waals surface area (Å²) in [6.45, 7) is 4.96. The Labute approximate surface area is 156 Å². The molecular weight excluding hydrogens is 352 g/mol. The van der Waals surface area contributed by atoms with Crippen molar-refractivity contribution in [1.82, 2.24) is 19.6 Å². The number of unbranched alkanes of at least 4 members (excludes halogenated alkanes) is 1. The molecule has 3 heterocycles. The summed E-state index contributed by atoms with van der Waals surface area (Å²) < 4.78 is 26.4. The van der Waals surface area contributed by atoms with Crippen molar-refractivity contribution in [1.29, 1.82) is 0 Å². The van der Waals surface area contributed by atoms with E-state index in [1.165, 1.54) is 0 Å². The van der Waals surface area contributed by atoms with Crippen LogP contribution in [0.4, 0.5) is 11.8 Å². The SMILES string of the molecule is CCCCS(=O)(=O)N1CCC(c2cc(N3CC(NC)C3)nc(N)n2)CC1. The molecule has 0 radical (unpaired) electrons. The van der Waals surface area contributed by atoms with Crippen molar-refractivity contribution in [3.05, 3.63) is 11.8 Å². The smallest absolute Gasteiger partial charge is 0.222 e. The first kappa shape index (κ1) is 19.3. The Morgan fingerprint density at radius 1 is 1.27 bits per heavy atom. The van der Waals surface area contributed by atoms with Crippen molar-refractivity contribution in [2.75, 3.05) is 49.6 Å². The van der Waals surface area contributed by atoms with Crippen molar-refractivity contribution in [3.8, 4) is 0 Å². The van der Waals surface area contributed by atoms with Crippen LogP contribution in [0.25, 0.3) is 0 Å². The molecule has 0 saturated carbocycles. The van der Waals surface area contributed by atoms with E-state index in [0.717, 1.165) is 50.3 Å². The largest absolute Gasteiger partial charge is 0.368 e. The van der Waals surface area contributed by atoms with Crippen LogP contribution in [0.5, 0.6) is 0 Å². The van der Waals surface area contributed by atoms with E-state index in [0.29, 0.717) is 25.1 Å². The fourth-order valence-electron chi connectivity index (χ4n) is 3.58. The normalized spacial score (nSPS) is 20.3. The quantitative estimate of drug-likeness (QED) is 0.718. The van der Waals surface area contributed by atoms with E-state index in [4.69, 9.17) is 5.73 Å². The van der Waals surface area contributed by atoms with Crippen molar-refractivity contribution in [2.24, 2.45) is 0 Å². The first-order valence-corrected chi connectivity index (χ1v) is 11.1. The van der Waals surface area contributed by atoms with Crippen LogP contribution in [-0.4, -0.2) is 67.7 Å². The molecule has 0 spiro atoms. The van der Waals surface area contributed by atoms with E-state index >= 15 is 0 Å². The number of nitrogens with zero attached hydrogens (tertiary/aromatic N) is 4. The summed E-state index contributed by atoms with van der Waals surface area (Å²) in [7, 11) is -1.16. The zero-order valence-electron chi connectivity index (χ0n) is 15.7. The molecule has 0 atom stereocenters. The molecule has 2 aliphatic rings. The second-order valence-corrected chi connectivity index (χ2v) is 9.33. The zero-order chi connectivity index (χ0) is 18.7. The van der Waals surface area contributed by atoms with E-state index < -0.39 is 10.0 Å². The summed E-state index contributed by atoms with van der Waals surface area (Å²) in [4.78, 5) is 11.0. The van der Waals surface area contributed by atoms with Gasteiger partial charge in [-0.3, -0.25) is 0 Å². The lowest BCUT2D eigenvalue weighted by atomic mass is 9.94. The molecule has 2 saturated heterocycles. The van der Waals surface area contributed by atoms with Gasteiger partial charge in [-0.15, -0.1) is 0 Å². The van der Waals surface area contributed by atoms with Gasteiger partial charge in [0.1, 0.15) is 5.82 Å². The molecule has 3 rings (SSSR count). The molecule has 2 aliphatic heterocycles. The molecule has 146 valence electrons. The van der Waals surface area contributed by atoms with Gasteiger partial charge in [0.2, 0.25) is 16.0 Å². The van der Waals surface area contributed by atoms with E-state index in [9.17, 15) is 8.42 Å². The molecule has 1 aromatic heterocycles. The van der Waals surface area contributed by atoms with Crippen molar-refractivity contribution < 1.29 is 8.42 Å². The molecule has 0 amide bonds. The first-order chi connectivity index (χ1) is 12.4. The number of nitrogen functional groups attached to an aromatic ring is 1. The molecule has 0 bridgehead atoms. The highest BCUT2D eigenvalue weighted by molar-refractivity contribution is 7.89. The third kappa shape index (κ3) is 4.27. The van der Waals surface area contributed by atoms with Crippen LogP contribution < -0.4 is 16.0 Å². The van der Waals surface area contributed by atoms with Gasteiger partial charge in [-0.2, -0.15) is 4.98 Å². The van der Waals surface area contributed by atoms with Gasteiger partial charge in [-0.1, -0.05) is 13.3 Å². The maximum absolute atomic E-state index is 12.4. The average Bonchev–Trinajstić information content (AvgIpc) is 2.59. The lowest BCUT2D eigenvalue weighted by Gasteiger charge is -2.40. The van der Waals surface area contributed by atoms with Gasteiger partial charge >= 0.3 is 0 Å². The molecule has 8 nitrogen and oxygen atoms in total. The molecular formula is C17H30N6O2S. The van der Waals surface area contributed by atoms with Gasteiger partial charge in [-0.25, -0.2) is 17.7 Å². The van der Waals surface area contributed by atoms with Crippen LogP contribution in [-0.2, 0) is 10.0 Å². The van der Waals surface area contributed by atoms with Crippen LogP contribution >= 0.6 is 0 Å². The van der Waals surface area contributed by atoms with Crippen LogP contribution in [0.2, 0.25) is 0 Å². The van der Waals surface area contributed by atoms with Gasteiger partial charge in [-0.05, 0) is 26.3 Å². The minimum absolute atomic E-state index is 0.234. The molecule has 2 fully saturated rings. The summed E-state index contributed by atoms with van der Waals surface area (Å²) in [6.07, 6.45) is 3.17. The maximum atomic E-state index is 12.4. The van der Waals surface area contributed by atoms with Crippen LogP contribution in [0, 0.1) is 0 Å². The first-order valence-electron chi connectivity index (χ1n) is 9.47. The van der Waals surface area contributed by atoms with Crippen molar-refractivity contribution in [2.45, 2.75) is 44.6 Å². The van der Waals surface area contributed by atoms with E-state index in [-0.39, 0.29) is 11.7 Å².